The maximum Gasteiger partial charge on any atom is 0.428 e. The third-order valence-electron chi connectivity index (χ3n) is 1.88. The molecule has 0 heterocycles. The van der Waals surface area contributed by atoms with Crippen LogP contribution in [0.15, 0.2) is 34.3 Å². The highest BCUT2D eigenvalue weighted by atomic mass is 32.2. The number of hydrazone groups is 1. The van der Waals surface area contributed by atoms with Gasteiger partial charge in [-0.05, 0) is 24.3 Å². The summed E-state index contributed by atoms with van der Waals surface area (Å²) in [6, 6.07) is 2.19. The Balaban J connectivity index is 2.92. The number of nitrogens with zero attached hydrogens (tertiary/aromatic N) is 1. The third kappa shape index (κ3) is 4.72. The molecular formula is C9H6F6N2O2S. The first-order valence-electron chi connectivity index (χ1n) is 4.72. The molecule has 0 fully saturated rings. The molecule has 1 aromatic rings. The summed E-state index contributed by atoms with van der Waals surface area (Å²) in [7, 11) is -4.46. The molecule has 0 spiro atoms. The molecule has 0 bridgehead atoms. The normalized spacial score (nSPS) is 13.7. The van der Waals surface area contributed by atoms with Gasteiger partial charge < -0.3 is 0 Å². The Bertz CT molecular complexity index is 588. The van der Waals surface area contributed by atoms with E-state index >= 15 is 0 Å². The summed E-state index contributed by atoms with van der Waals surface area (Å²) in [6.07, 6.45) is -10.1. The number of rotatable bonds is 3. The van der Waals surface area contributed by atoms with E-state index in [1.54, 1.807) is 0 Å². The molecule has 0 saturated heterocycles. The number of hydrogen-bond acceptors (Lipinski definition) is 3. The Labute approximate surface area is 109 Å². The van der Waals surface area contributed by atoms with Crippen LogP contribution in [0.4, 0.5) is 26.3 Å². The summed E-state index contributed by atoms with van der Waals surface area (Å²) in [5.41, 5.74) is -1.09. The monoisotopic (exact) mass is 320 g/mol. The number of nitrogens with one attached hydrogen (secondary N) is 1. The molecule has 112 valence electrons. The van der Waals surface area contributed by atoms with E-state index in [-0.39, 0.29) is 0 Å². The first-order valence-corrected chi connectivity index (χ1v) is 6.20. The second kappa shape index (κ2) is 5.31. The zero-order valence-electron chi connectivity index (χ0n) is 9.33. The van der Waals surface area contributed by atoms with Gasteiger partial charge in [-0.3, -0.25) is 0 Å². The Morgan fingerprint density at radius 1 is 1.00 bits per heavy atom. The predicted molar refractivity (Wildman–Crippen MR) is 56.3 cm³/mol. The highest BCUT2D eigenvalue weighted by molar-refractivity contribution is 7.89. The first-order chi connectivity index (χ1) is 8.92. The lowest BCUT2D eigenvalue weighted by molar-refractivity contribution is -0.137. The Morgan fingerprint density at radius 3 is 1.90 bits per heavy atom. The lowest BCUT2D eigenvalue weighted by atomic mass is 10.2. The summed E-state index contributed by atoms with van der Waals surface area (Å²) < 4.78 is 94.6. The Hall–Kier alpha value is -1.78. The molecule has 1 aromatic carbocycles. The maximum absolute atomic E-state index is 12.2. The molecule has 0 atom stereocenters. The van der Waals surface area contributed by atoms with Crippen LogP contribution in [0.5, 0.6) is 0 Å². The molecule has 0 aliphatic rings. The van der Waals surface area contributed by atoms with Gasteiger partial charge in [0.1, 0.15) is 6.21 Å². The first kappa shape index (κ1) is 16.3. The van der Waals surface area contributed by atoms with Crippen molar-refractivity contribution in [3.05, 3.63) is 29.8 Å². The van der Waals surface area contributed by atoms with Crippen LogP contribution < -0.4 is 4.83 Å². The maximum atomic E-state index is 12.2. The molecule has 0 saturated carbocycles. The standard InChI is InChI=1S/C9H6F6N2O2S/c10-8(11,12)5-16-17-20(18,19)7-3-1-6(2-4-7)9(13,14)15/h1-5,17H/b16-5+. The van der Waals surface area contributed by atoms with Gasteiger partial charge in [-0.25, -0.2) is 4.83 Å². The summed E-state index contributed by atoms with van der Waals surface area (Å²) in [5, 5.41) is 2.45. The van der Waals surface area contributed by atoms with Crippen molar-refractivity contribution >= 4 is 16.2 Å². The van der Waals surface area contributed by atoms with Gasteiger partial charge in [0.15, 0.2) is 0 Å². The topological polar surface area (TPSA) is 58.5 Å². The Kier molecular flexibility index (Phi) is 4.32. The number of hydrogen-bond donors (Lipinski definition) is 1. The fourth-order valence-electron chi connectivity index (χ4n) is 1.04. The summed E-state index contributed by atoms with van der Waals surface area (Å²) >= 11 is 0. The fourth-order valence-corrected chi connectivity index (χ4v) is 1.84. The van der Waals surface area contributed by atoms with E-state index in [0.717, 1.165) is 0 Å². The number of halogens is 6. The van der Waals surface area contributed by atoms with E-state index in [1.165, 1.54) is 4.83 Å². The minimum atomic E-state index is -4.82. The van der Waals surface area contributed by atoms with Crippen LogP contribution in [-0.4, -0.2) is 20.8 Å². The van der Waals surface area contributed by atoms with Gasteiger partial charge in [-0.15, -0.1) is 0 Å². The molecule has 4 nitrogen and oxygen atoms in total. The molecule has 0 radical (unpaired) electrons. The highest BCUT2D eigenvalue weighted by Gasteiger charge is 2.30. The molecule has 11 heteroatoms. The highest BCUT2D eigenvalue weighted by Crippen LogP contribution is 2.29. The van der Waals surface area contributed by atoms with Crippen molar-refractivity contribution in [2.24, 2.45) is 5.10 Å². The number of alkyl halides is 6. The van der Waals surface area contributed by atoms with Gasteiger partial charge in [0.25, 0.3) is 10.0 Å². The lowest BCUT2D eigenvalue weighted by Gasteiger charge is -2.08. The van der Waals surface area contributed by atoms with Gasteiger partial charge in [0.05, 0.1) is 10.5 Å². The molecule has 1 rings (SSSR count). The van der Waals surface area contributed by atoms with Crippen molar-refractivity contribution in [2.45, 2.75) is 17.2 Å². The van der Waals surface area contributed by atoms with Crippen LogP contribution in [0.25, 0.3) is 0 Å². The third-order valence-corrected chi connectivity index (χ3v) is 3.11. The molecule has 1 N–H and O–H groups in total. The van der Waals surface area contributed by atoms with Crippen LogP contribution >= 0.6 is 0 Å². The van der Waals surface area contributed by atoms with E-state index in [4.69, 9.17) is 0 Å². The zero-order chi connectivity index (χ0) is 15.6. The van der Waals surface area contributed by atoms with E-state index in [9.17, 15) is 34.8 Å². The van der Waals surface area contributed by atoms with Crippen molar-refractivity contribution in [1.29, 1.82) is 0 Å². The van der Waals surface area contributed by atoms with Crippen molar-refractivity contribution in [3.8, 4) is 0 Å². The van der Waals surface area contributed by atoms with Crippen LogP contribution in [0.1, 0.15) is 5.56 Å². The molecule has 0 amide bonds. The zero-order valence-corrected chi connectivity index (χ0v) is 10.1. The molecule has 0 unspecified atom stereocenters. The van der Waals surface area contributed by atoms with E-state index in [2.05, 4.69) is 5.10 Å². The second-order valence-electron chi connectivity index (χ2n) is 3.42. The number of sulfonamides is 1. The van der Waals surface area contributed by atoms with Crippen molar-refractivity contribution in [2.75, 3.05) is 0 Å². The van der Waals surface area contributed by atoms with Gasteiger partial charge >= 0.3 is 12.4 Å². The quantitative estimate of drug-likeness (QED) is 0.528. The van der Waals surface area contributed by atoms with Gasteiger partial charge in [0, 0.05) is 0 Å². The van der Waals surface area contributed by atoms with Crippen LogP contribution in [0.2, 0.25) is 0 Å². The molecule has 0 aromatic heterocycles. The summed E-state index contributed by atoms with van der Waals surface area (Å²) in [4.78, 5) is 0.582. The average molecular weight is 320 g/mol. The van der Waals surface area contributed by atoms with Crippen molar-refractivity contribution < 1.29 is 34.8 Å². The Morgan fingerprint density at radius 2 is 1.50 bits per heavy atom. The molecule has 0 aliphatic heterocycles. The molecule has 20 heavy (non-hydrogen) atoms. The minimum Gasteiger partial charge on any atom is -0.200 e. The van der Waals surface area contributed by atoms with Crippen LogP contribution in [0, 0.1) is 0 Å². The van der Waals surface area contributed by atoms with Gasteiger partial charge in [-0.2, -0.15) is 39.9 Å². The van der Waals surface area contributed by atoms with E-state index in [0.29, 0.717) is 24.3 Å². The lowest BCUT2D eigenvalue weighted by Crippen LogP contribution is -2.21. The van der Waals surface area contributed by atoms with Crippen LogP contribution in [-0.2, 0) is 16.2 Å². The molecular weight excluding hydrogens is 314 g/mol. The van der Waals surface area contributed by atoms with Crippen molar-refractivity contribution in [3.63, 3.8) is 0 Å². The smallest absolute Gasteiger partial charge is 0.200 e. The van der Waals surface area contributed by atoms with Crippen LogP contribution in [0.3, 0.4) is 0 Å². The summed E-state index contributed by atoms with van der Waals surface area (Å²) in [5.74, 6) is 0. The van der Waals surface area contributed by atoms with E-state index in [1.807, 2.05) is 0 Å². The fraction of sp³-hybridized carbons (Fsp3) is 0.222. The molecule has 0 aliphatic carbocycles. The largest absolute Gasteiger partial charge is 0.428 e. The number of benzene rings is 1. The average Bonchev–Trinajstić information content (AvgIpc) is 2.26. The second-order valence-corrected chi connectivity index (χ2v) is 5.08. The van der Waals surface area contributed by atoms with Crippen molar-refractivity contribution in [1.82, 2.24) is 4.83 Å². The minimum absolute atomic E-state index is 0.488. The SMILES string of the molecule is O=S(=O)(N/N=C/C(F)(F)F)c1ccc(C(F)(F)F)cc1. The predicted octanol–water partition coefficient (Wildman–Crippen LogP) is 2.53. The summed E-state index contributed by atoms with van der Waals surface area (Å²) in [6.45, 7) is 0. The van der Waals surface area contributed by atoms with E-state index < -0.39 is 39.0 Å². The van der Waals surface area contributed by atoms with Gasteiger partial charge in [-0.1, -0.05) is 0 Å². The van der Waals surface area contributed by atoms with Gasteiger partial charge in [0.2, 0.25) is 0 Å².